The van der Waals surface area contributed by atoms with Crippen molar-refractivity contribution in [3.05, 3.63) is 35.9 Å². The van der Waals surface area contributed by atoms with E-state index in [9.17, 15) is 13.2 Å². The molecule has 2 heterocycles. The zero-order chi connectivity index (χ0) is 16.7. The first kappa shape index (κ1) is 16.1. The highest BCUT2D eigenvalue weighted by molar-refractivity contribution is 7.92. The number of fused-ring (bicyclic) bond motifs is 1. The zero-order valence-corrected chi connectivity index (χ0v) is 14.5. The molecule has 2 saturated heterocycles. The van der Waals surface area contributed by atoms with Crippen molar-refractivity contribution in [2.45, 2.75) is 37.2 Å². The van der Waals surface area contributed by atoms with E-state index in [0.29, 0.717) is 26.1 Å². The molecular weight excluding hydrogens is 326 g/mol. The summed E-state index contributed by atoms with van der Waals surface area (Å²) in [4.78, 5) is 14.1. The van der Waals surface area contributed by atoms with Crippen molar-refractivity contribution in [3.63, 3.8) is 0 Å². The van der Waals surface area contributed by atoms with Gasteiger partial charge in [0.15, 0.2) is 9.84 Å². The molecular formula is C18H23NO4S. The molecule has 1 saturated carbocycles. The molecule has 0 spiro atoms. The predicted octanol–water partition coefficient (Wildman–Crippen LogP) is 1.63. The molecule has 2 aliphatic heterocycles. The van der Waals surface area contributed by atoms with Crippen LogP contribution in [-0.2, 0) is 26.0 Å². The van der Waals surface area contributed by atoms with Crippen LogP contribution in [0.25, 0.3) is 0 Å². The van der Waals surface area contributed by atoms with Crippen LogP contribution in [0.15, 0.2) is 30.3 Å². The average Bonchev–Trinajstić information content (AvgIpc) is 3.32. The molecule has 0 N–H and O–H groups in total. The van der Waals surface area contributed by atoms with E-state index in [4.69, 9.17) is 4.74 Å². The maximum Gasteiger partial charge on any atom is 0.225 e. The van der Waals surface area contributed by atoms with Gasteiger partial charge in [0.05, 0.1) is 23.7 Å². The lowest BCUT2D eigenvalue weighted by Gasteiger charge is -2.32. The summed E-state index contributed by atoms with van der Waals surface area (Å²) in [5.41, 5.74) is 1.09. The largest absolute Gasteiger partial charge is 0.373 e. The van der Waals surface area contributed by atoms with Crippen LogP contribution in [0.3, 0.4) is 0 Å². The van der Waals surface area contributed by atoms with Gasteiger partial charge in [-0.25, -0.2) is 8.42 Å². The summed E-state index contributed by atoms with van der Waals surface area (Å²) in [6.07, 6.45) is 2.34. The monoisotopic (exact) mass is 349 g/mol. The summed E-state index contributed by atoms with van der Waals surface area (Å²) >= 11 is 0. The Morgan fingerprint density at radius 1 is 1.12 bits per heavy atom. The third-order valence-electron chi connectivity index (χ3n) is 5.48. The standard InChI is InChI=1S/C18H23NO4S/c20-18(14-6-7-14)19-10-15-16(8-9-24(21,22)17(15)11-19)23-12-13-4-2-1-3-5-13/h1-5,14-17H,6-12H2/t15-,16-,17+/m1/s1. The van der Waals surface area contributed by atoms with Crippen LogP contribution in [-0.4, -0.2) is 49.4 Å². The summed E-state index contributed by atoms with van der Waals surface area (Å²) in [5.74, 6) is 0.354. The first-order chi connectivity index (χ1) is 11.5. The molecule has 0 aromatic heterocycles. The van der Waals surface area contributed by atoms with Crippen molar-refractivity contribution >= 4 is 15.7 Å². The molecule has 6 heteroatoms. The Bertz CT molecular complexity index is 714. The molecule has 4 rings (SSSR count). The highest BCUT2D eigenvalue weighted by Gasteiger charge is 2.51. The minimum absolute atomic E-state index is 0.0873. The van der Waals surface area contributed by atoms with Gasteiger partial charge in [-0.3, -0.25) is 4.79 Å². The maximum atomic E-state index is 12.4. The van der Waals surface area contributed by atoms with Crippen molar-refractivity contribution in [2.24, 2.45) is 11.8 Å². The lowest BCUT2D eigenvalue weighted by Crippen LogP contribution is -2.44. The van der Waals surface area contributed by atoms with Gasteiger partial charge in [-0.1, -0.05) is 30.3 Å². The number of likely N-dealkylation sites (tertiary alicyclic amines) is 1. The van der Waals surface area contributed by atoms with Crippen LogP contribution in [0.1, 0.15) is 24.8 Å². The molecule has 0 unspecified atom stereocenters. The highest BCUT2D eigenvalue weighted by Crippen LogP contribution is 2.38. The third kappa shape index (κ3) is 3.09. The molecule has 5 nitrogen and oxygen atoms in total. The smallest absolute Gasteiger partial charge is 0.225 e. The second kappa shape index (κ2) is 6.15. The molecule has 0 bridgehead atoms. The Morgan fingerprint density at radius 2 is 1.88 bits per heavy atom. The normalized spacial score (nSPS) is 31.7. The molecule has 3 aliphatic rings. The van der Waals surface area contributed by atoms with E-state index in [1.54, 1.807) is 4.90 Å². The lowest BCUT2D eigenvalue weighted by molar-refractivity contribution is -0.131. The van der Waals surface area contributed by atoms with Gasteiger partial charge in [-0.2, -0.15) is 0 Å². The first-order valence-electron chi connectivity index (χ1n) is 8.70. The van der Waals surface area contributed by atoms with Crippen LogP contribution in [0, 0.1) is 11.8 Å². The Morgan fingerprint density at radius 3 is 2.58 bits per heavy atom. The molecule has 130 valence electrons. The van der Waals surface area contributed by atoms with Crippen LogP contribution in [0.2, 0.25) is 0 Å². The lowest BCUT2D eigenvalue weighted by atomic mass is 9.98. The number of sulfone groups is 1. The number of carbonyl (C=O) groups excluding carboxylic acids is 1. The fourth-order valence-corrected chi connectivity index (χ4v) is 6.00. The highest BCUT2D eigenvalue weighted by atomic mass is 32.2. The van der Waals surface area contributed by atoms with Gasteiger partial charge in [-0.15, -0.1) is 0 Å². The summed E-state index contributed by atoms with van der Waals surface area (Å²) in [6, 6.07) is 9.92. The second-order valence-electron chi connectivity index (χ2n) is 7.21. The summed E-state index contributed by atoms with van der Waals surface area (Å²) < 4.78 is 31.0. The van der Waals surface area contributed by atoms with E-state index < -0.39 is 15.1 Å². The molecule has 24 heavy (non-hydrogen) atoms. The zero-order valence-electron chi connectivity index (χ0n) is 13.6. The number of hydrogen-bond donors (Lipinski definition) is 0. The van der Waals surface area contributed by atoms with Gasteiger partial charge in [-0.05, 0) is 24.8 Å². The Labute approximate surface area is 142 Å². The molecule has 1 aromatic rings. The number of nitrogens with zero attached hydrogens (tertiary/aromatic N) is 1. The topological polar surface area (TPSA) is 63.7 Å². The fourth-order valence-electron chi connectivity index (χ4n) is 3.93. The van der Waals surface area contributed by atoms with Crippen LogP contribution >= 0.6 is 0 Å². The second-order valence-corrected chi connectivity index (χ2v) is 9.55. The van der Waals surface area contributed by atoms with Crippen molar-refractivity contribution in [1.82, 2.24) is 4.90 Å². The minimum atomic E-state index is -3.12. The van der Waals surface area contributed by atoms with E-state index >= 15 is 0 Å². The van der Waals surface area contributed by atoms with Gasteiger partial charge in [0.25, 0.3) is 0 Å². The van der Waals surface area contributed by atoms with E-state index in [0.717, 1.165) is 18.4 Å². The van der Waals surface area contributed by atoms with Crippen molar-refractivity contribution < 1.29 is 17.9 Å². The Hall–Kier alpha value is -1.40. The van der Waals surface area contributed by atoms with Gasteiger partial charge in [0, 0.05) is 24.9 Å². The van der Waals surface area contributed by atoms with Crippen molar-refractivity contribution in [2.75, 3.05) is 18.8 Å². The molecule has 1 aromatic carbocycles. The Kier molecular flexibility index (Phi) is 4.12. The molecule has 3 atom stereocenters. The summed E-state index contributed by atoms with van der Waals surface area (Å²) in [6.45, 7) is 1.37. The summed E-state index contributed by atoms with van der Waals surface area (Å²) in [7, 11) is -3.12. The third-order valence-corrected chi connectivity index (χ3v) is 7.71. The first-order valence-corrected chi connectivity index (χ1v) is 10.4. The quantitative estimate of drug-likeness (QED) is 0.829. The van der Waals surface area contributed by atoms with Crippen LogP contribution < -0.4 is 0 Å². The van der Waals surface area contributed by atoms with Crippen molar-refractivity contribution in [3.8, 4) is 0 Å². The number of amides is 1. The molecule has 1 amide bonds. The van der Waals surface area contributed by atoms with Gasteiger partial charge in [0.2, 0.25) is 5.91 Å². The number of rotatable bonds is 4. The van der Waals surface area contributed by atoms with Gasteiger partial charge < -0.3 is 9.64 Å². The minimum Gasteiger partial charge on any atom is -0.373 e. The summed E-state index contributed by atoms with van der Waals surface area (Å²) in [5, 5.41) is -0.449. The van der Waals surface area contributed by atoms with Gasteiger partial charge in [0.1, 0.15) is 0 Å². The van der Waals surface area contributed by atoms with Crippen LogP contribution in [0.5, 0.6) is 0 Å². The van der Waals surface area contributed by atoms with Crippen LogP contribution in [0.4, 0.5) is 0 Å². The number of hydrogen-bond acceptors (Lipinski definition) is 4. The number of ether oxygens (including phenoxy) is 1. The average molecular weight is 349 g/mol. The molecule has 0 radical (unpaired) electrons. The van der Waals surface area contributed by atoms with E-state index in [2.05, 4.69) is 0 Å². The fraction of sp³-hybridized carbons (Fsp3) is 0.611. The predicted molar refractivity (Wildman–Crippen MR) is 90.0 cm³/mol. The number of carbonyl (C=O) groups is 1. The Balaban J connectivity index is 1.47. The SMILES string of the molecule is O=C(C1CC1)N1C[C@@H]2[C@H](OCc3ccccc3)CCS(=O)(=O)[C@H]2C1. The van der Waals surface area contributed by atoms with Gasteiger partial charge >= 0.3 is 0 Å². The van der Waals surface area contributed by atoms with Crippen molar-refractivity contribution in [1.29, 1.82) is 0 Å². The van der Waals surface area contributed by atoms with E-state index in [-0.39, 0.29) is 29.6 Å². The van der Waals surface area contributed by atoms with E-state index in [1.165, 1.54) is 0 Å². The molecule has 3 fully saturated rings. The van der Waals surface area contributed by atoms with E-state index in [1.807, 2.05) is 30.3 Å². The molecule has 1 aliphatic carbocycles. The maximum absolute atomic E-state index is 12.4. The number of benzene rings is 1.